The highest BCUT2D eigenvalue weighted by atomic mass is 32.2. The molecule has 2 aliphatic rings. The molecule has 2 aliphatic heterocycles. The number of aromatic nitrogens is 2. The molecular formula is C21H29N5O4S. The molecule has 1 fully saturated rings. The lowest BCUT2D eigenvalue weighted by molar-refractivity contribution is -0.121. The minimum Gasteiger partial charge on any atom is -0.492 e. The van der Waals surface area contributed by atoms with Crippen LogP contribution >= 0.6 is 0 Å². The molecule has 1 amide bonds. The van der Waals surface area contributed by atoms with Gasteiger partial charge in [0, 0.05) is 44.4 Å². The van der Waals surface area contributed by atoms with Gasteiger partial charge < -0.3 is 10.1 Å². The lowest BCUT2D eigenvalue weighted by Crippen LogP contribution is -2.53. The second-order valence-corrected chi connectivity index (χ2v) is 10.4. The van der Waals surface area contributed by atoms with E-state index in [4.69, 9.17) is 4.74 Å². The third-order valence-electron chi connectivity index (χ3n) is 6.19. The first kappa shape index (κ1) is 21.8. The van der Waals surface area contributed by atoms with Crippen LogP contribution in [0.4, 0.5) is 0 Å². The van der Waals surface area contributed by atoms with E-state index in [0.717, 1.165) is 38.0 Å². The zero-order valence-corrected chi connectivity index (χ0v) is 18.8. The molecule has 1 spiro atoms. The maximum absolute atomic E-state index is 13.4. The van der Waals surface area contributed by atoms with Crippen molar-refractivity contribution >= 4 is 15.9 Å². The van der Waals surface area contributed by atoms with Gasteiger partial charge in [-0.2, -0.15) is 9.40 Å². The van der Waals surface area contributed by atoms with Gasteiger partial charge in [-0.1, -0.05) is 12.1 Å². The predicted molar refractivity (Wildman–Crippen MR) is 115 cm³/mol. The predicted octanol–water partition coefficient (Wildman–Crippen LogP) is 0.832. The number of hydrogen-bond donors (Lipinski definition) is 1. The van der Waals surface area contributed by atoms with Gasteiger partial charge in [0.15, 0.2) is 0 Å². The SMILES string of the molecule is CNC(=O)CN1CC2(CCN(Cc3cnn(C)c3)CC2)COc2ccccc2S1(=O)=O. The summed E-state index contributed by atoms with van der Waals surface area (Å²) in [5.41, 5.74) is 0.810. The summed E-state index contributed by atoms with van der Waals surface area (Å²) >= 11 is 0. The van der Waals surface area contributed by atoms with Crippen molar-refractivity contribution in [1.82, 2.24) is 24.3 Å². The van der Waals surface area contributed by atoms with Crippen LogP contribution in [0, 0.1) is 5.41 Å². The Bertz CT molecular complexity index is 1040. The second-order valence-electron chi connectivity index (χ2n) is 8.48. The van der Waals surface area contributed by atoms with Crippen molar-refractivity contribution in [1.29, 1.82) is 0 Å². The third kappa shape index (κ3) is 4.60. The fourth-order valence-corrected chi connectivity index (χ4v) is 5.98. The van der Waals surface area contributed by atoms with Gasteiger partial charge in [-0.3, -0.25) is 14.4 Å². The number of rotatable bonds is 4. The van der Waals surface area contributed by atoms with E-state index >= 15 is 0 Å². The van der Waals surface area contributed by atoms with E-state index in [-0.39, 0.29) is 29.3 Å². The molecule has 4 rings (SSSR count). The molecule has 10 heteroatoms. The quantitative estimate of drug-likeness (QED) is 0.746. The number of carbonyl (C=O) groups excluding carboxylic acids is 1. The molecular weight excluding hydrogens is 418 g/mol. The number of nitrogens with zero attached hydrogens (tertiary/aromatic N) is 4. The number of nitrogens with one attached hydrogen (secondary N) is 1. The van der Waals surface area contributed by atoms with Gasteiger partial charge in [0.05, 0.1) is 19.3 Å². The summed E-state index contributed by atoms with van der Waals surface area (Å²) in [5, 5.41) is 6.78. The van der Waals surface area contributed by atoms with Gasteiger partial charge >= 0.3 is 0 Å². The molecule has 0 radical (unpaired) electrons. The largest absolute Gasteiger partial charge is 0.492 e. The van der Waals surface area contributed by atoms with Crippen LogP contribution in [0.15, 0.2) is 41.6 Å². The molecule has 0 bridgehead atoms. The van der Waals surface area contributed by atoms with Crippen molar-refractivity contribution in [3.63, 3.8) is 0 Å². The van der Waals surface area contributed by atoms with Crippen LogP contribution in [-0.4, -0.2) is 73.1 Å². The molecule has 1 aromatic heterocycles. The Balaban J connectivity index is 1.57. The summed E-state index contributed by atoms with van der Waals surface area (Å²) in [6.07, 6.45) is 5.46. The van der Waals surface area contributed by atoms with Gasteiger partial charge in [-0.15, -0.1) is 0 Å². The second kappa shape index (κ2) is 8.60. The Morgan fingerprint density at radius 3 is 2.68 bits per heavy atom. The number of fused-ring (bicyclic) bond motifs is 1. The first-order chi connectivity index (χ1) is 14.8. The number of benzene rings is 1. The maximum atomic E-state index is 13.4. The summed E-state index contributed by atoms with van der Waals surface area (Å²) < 4.78 is 36.0. The lowest BCUT2D eigenvalue weighted by atomic mass is 9.78. The monoisotopic (exact) mass is 447 g/mol. The van der Waals surface area contributed by atoms with Crippen molar-refractivity contribution in [3.05, 3.63) is 42.2 Å². The Labute approximate surface area is 183 Å². The van der Waals surface area contributed by atoms with Crippen molar-refractivity contribution in [2.45, 2.75) is 24.3 Å². The van der Waals surface area contributed by atoms with Crippen molar-refractivity contribution < 1.29 is 17.9 Å². The van der Waals surface area contributed by atoms with Crippen LogP contribution in [-0.2, 0) is 28.4 Å². The summed E-state index contributed by atoms with van der Waals surface area (Å²) in [6.45, 7) is 2.95. The van der Waals surface area contributed by atoms with E-state index in [9.17, 15) is 13.2 Å². The summed E-state index contributed by atoms with van der Waals surface area (Å²) in [5.74, 6) is 0.0213. The highest BCUT2D eigenvalue weighted by molar-refractivity contribution is 7.89. The number of likely N-dealkylation sites (N-methyl/N-ethyl adjacent to an activating group) is 1. The van der Waals surface area contributed by atoms with Gasteiger partial charge in [-0.05, 0) is 38.1 Å². The Morgan fingerprint density at radius 2 is 2.00 bits per heavy atom. The van der Waals surface area contributed by atoms with E-state index in [1.165, 1.54) is 17.4 Å². The number of likely N-dealkylation sites (tertiary alicyclic amines) is 1. The van der Waals surface area contributed by atoms with Gasteiger partial charge in [0.2, 0.25) is 15.9 Å². The fraction of sp³-hybridized carbons (Fsp3) is 0.524. The normalized spacial score (nSPS) is 21.0. The molecule has 1 aromatic carbocycles. The minimum atomic E-state index is -3.86. The van der Waals surface area contributed by atoms with E-state index in [1.807, 2.05) is 19.4 Å². The molecule has 9 nitrogen and oxygen atoms in total. The number of sulfonamides is 1. The standard InChI is InChI=1S/C21H29N5O4S/c1-22-20(27)14-26-15-21(16-30-18-5-3-4-6-19(18)31(26,28)29)7-9-25(10-8-21)13-17-11-23-24(2)12-17/h3-6,11-12H,7-10,13-16H2,1-2H3,(H,22,27). The number of aryl methyl sites for hydroxylation is 1. The first-order valence-corrected chi connectivity index (χ1v) is 11.9. The highest BCUT2D eigenvalue weighted by Crippen LogP contribution is 2.39. The van der Waals surface area contributed by atoms with Crippen LogP contribution in [0.2, 0.25) is 0 Å². The molecule has 0 atom stereocenters. The molecule has 31 heavy (non-hydrogen) atoms. The molecule has 0 unspecified atom stereocenters. The van der Waals surface area contributed by atoms with Gasteiger partial charge in [-0.25, -0.2) is 8.42 Å². The zero-order valence-electron chi connectivity index (χ0n) is 18.0. The minimum absolute atomic E-state index is 0.114. The van der Waals surface area contributed by atoms with Crippen LogP contribution in [0.1, 0.15) is 18.4 Å². The van der Waals surface area contributed by atoms with Crippen LogP contribution < -0.4 is 10.1 Å². The van der Waals surface area contributed by atoms with E-state index in [0.29, 0.717) is 12.4 Å². The Kier molecular flexibility index (Phi) is 6.05. The van der Waals surface area contributed by atoms with Crippen LogP contribution in [0.5, 0.6) is 5.75 Å². The number of hydrogen-bond acceptors (Lipinski definition) is 6. The third-order valence-corrected chi connectivity index (χ3v) is 8.02. The van der Waals surface area contributed by atoms with E-state index in [1.54, 1.807) is 22.9 Å². The first-order valence-electron chi connectivity index (χ1n) is 10.4. The van der Waals surface area contributed by atoms with E-state index < -0.39 is 10.0 Å². The van der Waals surface area contributed by atoms with Crippen molar-refractivity contribution in [3.8, 4) is 5.75 Å². The van der Waals surface area contributed by atoms with Crippen LogP contribution in [0.25, 0.3) is 0 Å². The molecule has 0 saturated carbocycles. The molecule has 1 N–H and O–H groups in total. The highest BCUT2D eigenvalue weighted by Gasteiger charge is 2.43. The van der Waals surface area contributed by atoms with E-state index in [2.05, 4.69) is 15.3 Å². The Hall–Kier alpha value is -2.43. The van der Waals surface area contributed by atoms with Crippen LogP contribution in [0.3, 0.4) is 0 Å². The Morgan fingerprint density at radius 1 is 1.26 bits per heavy atom. The topological polar surface area (TPSA) is 96.8 Å². The molecule has 168 valence electrons. The van der Waals surface area contributed by atoms with Gasteiger partial charge in [0.25, 0.3) is 0 Å². The summed E-state index contributed by atoms with van der Waals surface area (Å²) in [6, 6.07) is 6.66. The fourth-order valence-electron chi connectivity index (χ4n) is 4.34. The molecule has 2 aromatic rings. The lowest BCUT2D eigenvalue weighted by Gasteiger charge is -2.44. The molecule has 3 heterocycles. The number of piperidine rings is 1. The molecule has 0 aliphatic carbocycles. The smallest absolute Gasteiger partial charge is 0.247 e. The average molecular weight is 448 g/mol. The van der Waals surface area contributed by atoms with Gasteiger partial charge in [0.1, 0.15) is 10.6 Å². The number of para-hydroxylation sites is 1. The summed E-state index contributed by atoms with van der Waals surface area (Å²) in [7, 11) is -0.440. The number of ether oxygens (including phenoxy) is 1. The molecule has 1 saturated heterocycles. The summed E-state index contributed by atoms with van der Waals surface area (Å²) in [4.78, 5) is 14.6. The number of amides is 1. The average Bonchev–Trinajstić information content (AvgIpc) is 3.17. The number of carbonyl (C=O) groups is 1. The zero-order chi connectivity index (χ0) is 22.1. The maximum Gasteiger partial charge on any atom is 0.247 e. The van der Waals surface area contributed by atoms with Crippen molar-refractivity contribution in [2.24, 2.45) is 12.5 Å². The van der Waals surface area contributed by atoms with Crippen molar-refractivity contribution in [2.75, 3.05) is 39.8 Å².